The lowest BCUT2D eigenvalue weighted by molar-refractivity contribution is -0.0979. The molecule has 96 valence electrons. The van der Waals surface area contributed by atoms with Gasteiger partial charge in [-0.2, -0.15) is 0 Å². The van der Waals surface area contributed by atoms with E-state index in [1.54, 1.807) is 0 Å². The summed E-state index contributed by atoms with van der Waals surface area (Å²) >= 11 is 0. The highest BCUT2D eigenvalue weighted by Gasteiger charge is 2.01. The van der Waals surface area contributed by atoms with E-state index in [0.29, 0.717) is 0 Å². The molecule has 2 fully saturated rings. The first-order chi connectivity index (χ1) is 7.79. The molecule has 5 heteroatoms. The lowest BCUT2D eigenvalue weighted by Gasteiger charge is -2.21. The van der Waals surface area contributed by atoms with Crippen LogP contribution in [0.15, 0.2) is 0 Å². The zero-order valence-corrected chi connectivity index (χ0v) is 10.7. The van der Waals surface area contributed by atoms with Gasteiger partial charge in [0.05, 0.1) is 0 Å². The Morgan fingerprint density at radius 3 is 1.12 bits per heavy atom. The minimum Gasteiger partial charge on any atom is -0.314 e. The summed E-state index contributed by atoms with van der Waals surface area (Å²) in [5.74, 6) is 0. The van der Waals surface area contributed by atoms with E-state index >= 15 is 0 Å². The molecule has 0 aliphatic carbocycles. The molecule has 2 aliphatic heterocycles. The van der Waals surface area contributed by atoms with Crippen molar-refractivity contribution in [2.45, 2.75) is 0 Å². The van der Waals surface area contributed by atoms with E-state index in [1.807, 2.05) is 6.79 Å². The van der Waals surface area contributed by atoms with Gasteiger partial charge in [-0.3, -0.25) is 0 Å². The molecule has 2 saturated heterocycles. The van der Waals surface area contributed by atoms with Crippen molar-refractivity contribution in [2.24, 2.45) is 0 Å². The summed E-state index contributed by atoms with van der Waals surface area (Å²) in [4.78, 5) is 12.7. The number of piperazine rings is 2. The maximum absolute atomic E-state index is 8.00. The Kier molecular flexibility index (Phi) is 10.7. The molecule has 0 aromatic carbocycles. The van der Waals surface area contributed by atoms with Crippen LogP contribution in [0.5, 0.6) is 0 Å². The summed E-state index contributed by atoms with van der Waals surface area (Å²) < 4.78 is 0. The second-order valence-corrected chi connectivity index (χ2v) is 4.11. The first kappa shape index (κ1) is 15.5. The standard InChI is InChI=1S/2C5H12N2.CH2O/c2*1-7-4-2-6-3-5-7;1-2/h2*6H,2-5H2,1H3;1H2. The second-order valence-electron chi connectivity index (χ2n) is 4.11. The molecule has 0 atom stereocenters. The summed E-state index contributed by atoms with van der Waals surface area (Å²) in [5, 5.41) is 6.55. The number of nitrogens with zero attached hydrogens (tertiary/aromatic N) is 2. The van der Waals surface area contributed by atoms with Crippen molar-refractivity contribution in [3.8, 4) is 0 Å². The first-order valence-corrected chi connectivity index (χ1v) is 5.86. The molecule has 16 heavy (non-hydrogen) atoms. The third-order valence-corrected chi connectivity index (χ3v) is 2.68. The van der Waals surface area contributed by atoms with Gasteiger partial charge in [0.15, 0.2) is 0 Å². The molecule has 0 unspecified atom stereocenters. The number of carbonyl (C=O) groups excluding carboxylic acids is 1. The van der Waals surface area contributed by atoms with Gasteiger partial charge in [0, 0.05) is 52.4 Å². The number of likely N-dealkylation sites (N-methyl/N-ethyl adjacent to an activating group) is 2. The highest BCUT2D eigenvalue weighted by Crippen LogP contribution is 1.83. The van der Waals surface area contributed by atoms with Crippen molar-refractivity contribution in [3.63, 3.8) is 0 Å². The Morgan fingerprint density at radius 2 is 1.00 bits per heavy atom. The fourth-order valence-electron chi connectivity index (χ4n) is 1.55. The van der Waals surface area contributed by atoms with Crippen LogP contribution in [0.4, 0.5) is 0 Å². The molecule has 0 bridgehead atoms. The van der Waals surface area contributed by atoms with Crippen LogP contribution in [0.1, 0.15) is 0 Å². The summed E-state index contributed by atoms with van der Waals surface area (Å²) in [6.07, 6.45) is 0. The molecule has 2 aliphatic rings. The predicted octanol–water partition coefficient (Wildman–Crippen LogP) is -1.14. The van der Waals surface area contributed by atoms with E-state index in [4.69, 9.17) is 4.79 Å². The minimum absolute atomic E-state index is 1.16. The van der Waals surface area contributed by atoms with E-state index in [-0.39, 0.29) is 0 Å². The topological polar surface area (TPSA) is 47.6 Å². The zero-order chi connectivity index (χ0) is 12.2. The molecular formula is C11H26N4O. The molecule has 2 rings (SSSR count). The SMILES string of the molecule is C=O.CN1CCNCC1.CN1CCNCC1. The molecule has 0 saturated carbocycles. The van der Waals surface area contributed by atoms with Crippen LogP contribution < -0.4 is 10.6 Å². The predicted molar refractivity (Wildman–Crippen MR) is 67.9 cm³/mol. The van der Waals surface area contributed by atoms with E-state index in [9.17, 15) is 0 Å². The summed E-state index contributed by atoms with van der Waals surface area (Å²) in [6.45, 7) is 11.5. The summed E-state index contributed by atoms with van der Waals surface area (Å²) in [6, 6.07) is 0. The average molecular weight is 230 g/mol. The smallest absolute Gasteiger partial charge is 0.106 e. The second kappa shape index (κ2) is 11.0. The van der Waals surface area contributed by atoms with Gasteiger partial charge in [-0.1, -0.05) is 0 Å². The highest BCUT2D eigenvalue weighted by molar-refractivity contribution is 5.10. The van der Waals surface area contributed by atoms with Crippen molar-refractivity contribution in [3.05, 3.63) is 0 Å². The van der Waals surface area contributed by atoms with Crippen molar-refractivity contribution in [1.82, 2.24) is 20.4 Å². The quantitative estimate of drug-likeness (QED) is 0.551. The molecular weight excluding hydrogens is 204 g/mol. The van der Waals surface area contributed by atoms with Gasteiger partial charge in [-0.25, -0.2) is 0 Å². The zero-order valence-electron chi connectivity index (χ0n) is 10.7. The summed E-state index contributed by atoms with van der Waals surface area (Å²) in [7, 11) is 4.31. The van der Waals surface area contributed by atoms with E-state index in [0.717, 1.165) is 26.2 Å². The molecule has 0 aromatic rings. The normalized spacial score (nSPS) is 22.4. The van der Waals surface area contributed by atoms with Crippen molar-refractivity contribution >= 4 is 6.79 Å². The van der Waals surface area contributed by atoms with Crippen LogP contribution in [0.2, 0.25) is 0 Å². The summed E-state index contributed by atoms with van der Waals surface area (Å²) in [5.41, 5.74) is 0. The molecule has 2 heterocycles. The molecule has 5 nitrogen and oxygen atoms in total. The van der Waals surface area contributed by atoms with E-state index < -0.39 is 0 Å². The van der Waals surface area contributed by atoms with Crippen LogP contribution in [0.3, 0.4) is 0 Å². The van der Waals surface area contributed by atoms with Gasteiger partial charge in [0.25, 0.3) is 0 Å². The molecule has 0 radical (unpaired) electrons. The van der Waals surface area contributed by atoms with Crippen LogP contribution in [0, 0.1) is 0 Å². The third-order valence-electron chi connectivity index (χ3n) is 2.68. The lowest BCUT2D eigenvalue weighted by Crippen LogP contribution is -2.40. The largest absolute Gasteiger partial charge is 0.314 e. The van der Waals surface area contributed by atoms with E-state index in [1.165, 1.54) is 26.2 Å². The van der Waals surface area contributed by atoms with Crippen LogP contribution in [-0.4, -0.2) is 83.0 Å². The van der Waals surface area contributed by atoms with Crippen molar-refractivity contribution in [2.75, 3.05) is 66.5 Å². The average Bonchev–Trinajstić information content (AvgIpc) is 2.34. The van der Waals surface area contributed by atoms with Crippen molar-refractivity contribution < 1.29 is 4.79 Å². The monoisotopic (exact) mass is 230 g/mol. The maximum atomic E-state index is 8.00. The van der Waals surface area contributed by atoms with Gasteiger partial charge in [-0.15, -0.1) is 0 Å². The minimum atomic E-state index is 1.16. The van der Waals surface area contributed by atoms with E-state index in [2.05, 4.69) is 34.5 Å². The molecule has 0 amide bonds. The number of rotatable bonds is 0. The van der Waals surface area contributed by atoms with Gasteiger partial charge in [-0.05, 0) is 14.1 Å². The number of nitrogens with one attached hydrogen (secondary N) is 2. The fraction of sp³-hybridized carbons (Fsp3) is 0.909. The Bertz CT molecular complexity index is 129. The van der Waals surface area contributed by atoms with Crippen LogP contribution in [0.25, 0.3) is 0 Å². The molecule has 0 aromatic heterocycles. The van der Waals surface area contributed by atoms with Crippen LogP contribution in [-0.2, 0) is 4.79 Å². The third kappa shape index (κ3) is 8.79. The Labute approximate surface area is 99.2 Å². The first-order valence-electron chi connectivity index (χ1n) is 5.86. The maximum Gasteiger partial charge on any atom is 0.106 e. The van der Waals surface area contributed by atoms with Gasteiger partial charge in [0.1, 0.15) is 6.79 Å². The van der Waals surface area contributed by atoms with Gasteiger partial charge >= 0.3 is 0 Å². The Hall–Kier alpha value is -0.490. The van der Waals surface area contributed by atoms with Gasteiger partial charge in [0.2, 0.25) is 0 Å². The highest BCUT2D eigenvalue weighted by atomic mass is 16.1. The van der Waals surface area contributed by atoms with Crippen LogP contribution >= 0.6 is 0 Å². The fourth-order valence-corrected chi connectivity index (χ4v) is 1.55. The lowest BCUT2D eigenvalue weighted by atomic mass is 10.4. The Morgan fingerprint density at radius 1 is 0.750 bits per heavy atom. The molecule has 0 spiro atoms. The Balaban J connectivity index is 0.000000244. The number of carbonyl (C=O) groups is 1. The number of hydrogen-bond donors (Lipinski definition) is 2. The molecule has 2 N–H and O–H groups in total. The van der Waals surface area contributed by atoms with Gasteiger partial charge < -0.3 is 25.2 Å². The van der Waals surface area contributed by atoms with Crippen molar-refractivity contribution in [1.29, 1.82) is 0 Å². The number of hydrogen-bond acceptors (Lipinski definition) is 5.